The fourth-order valence-corrected chi connectivity index (χ4v) is 4.82. The molecule has 32 heavy (non-hydrogen) atoms. The second-order valence-corrected chi connectivity index (χ2v) is 9.58. The van der Waals surface area contributed by atoms with Gasteiger partial charge in [0.25, 0.3) is 0 Å². The van der Waals surface area contributed by atoms with E-state index >= 15 is 0 Å². The van der Waals surface area contributed by atoms with Crippen molar-refractivity contribution in [1.82, 2.24) is 9.71 Å². The first-order valence-electron chi connectivity index (χ1n) is 10.0. The number of aromatic nitrogens is 1. The highest BCUT2D eigenvalue weighted by molar-refractivity contribution is 7.88. The Kier molecular flexibility index (Phi) is 8.15. The largest absolute Gasteiger partial charge is 0.494 e. The molecule has 0 spiro atoms. The first kappa shape index (κ1) is 23.6. The molecule has 0 aliphatic carbocycles. The van der Waals surface area contributed by atoms with E-state index in [4.69, 9.17) is 4.74 Å². The molecule has 1 heterocycles. The van der Waals surface area contributed by atoms with Crippen molar-refractivity contribution < 1.29 is 17.9 Å². The SMILES string of the molecule is C=CCNS(=O)(=O)Cc1ccc(NC(=O)Cc2csc(-c3ccc(OCC)cc3)n2)cc1. The Balaban J connectivity index is 1.55. The number of thiazole rings is 1. The minimum Gasteiger partial charge on any atom is -0.494 e. The summed E-state index contributed by atoms with van der Waals surface area (Å²) in [5.74, 6) is 0.480. The highest BCUT2D eigenvalue weighted by Crippen LogP contribution is 2.26. The number of carbonyl (C=O) groups excluding carboxylic acids is 1. The second-order valence-electron chi connectivity index (χ2n) is 6.92. The molecule has 0 aliphatic rings. The van der Waals surface area contributed by atoms with E-state index in [1.807, 2.05) is 36.6 Å². The normalized spacial score (nSPS) is 11.2. The number of sulfonamides is 1. The van der Waals surface area contributed by atoms with Gasteiger partial charge in [-0.2, -0.15) is 0 Å². The van der Waals surface area contributed by atoms with Crippen LogP contribution in [0.1, 0.15) is 18.2 Å². The topological polar surface area (TPSA) is 97.4 Å². The number of anilines is 1. The summed E-state index contributed by atoms with van der Waals surface area (Å²) in [6.45, 7) is 6.23. The average Bonchev–Trinajstić information content (AvgIpc) is 3.22. The standard InChI is InChI=1S/C23H25N3O4S2/c1-3-13-24-32(28,29)16-17-5-9-19(10-6-17)25-22(27)14-20-15-31-23(26-20)18-7-11-21(12-8-18)30-4-2/h3,5-12,15,24H,1,4,13-14,16H2,2H3,(H,25,27). The summed E-state index contributed by atoms with van der Waals surface area (Å²) in [5.41, 5.74) is 2.88. The van der Waals surface area contributed by atoms with Crippen LogP contribution in [0.5, 0.6) is 5.75 Å². The number of nitrogens with zero attached hydrogens (tertiary/aromatic N) is 1. The molecule has 0 aliphatic heterocycles. The van der Waals surface area contributed by atoms with Crippen LogP contribution in [-0.4, -0.2) is 32.5 Å². The lowest BCUT2D eigenvalue weighted by Gasteiger charge is -2.07. The van der Waals surface area contributed by atoms with Crippen molar-refractivity contribution in [3.8, 4) is 16.3 Å². The van der Waals surface area contributed by atoms with Crippen LogP contribution in [0.2, 0.25) is 0 Å². The summed E-state index contributed by atoms with van der Waals surface area (Å²) < 4.78 is 31.7. The quantitative estimate of drug-likeness (QED) is 0.412. The third-order valence-electron chi connectivity index (χ3n) is 4.35. The Bertz CT molecular complexity index is 1150. The molecule has 2 N–H and O–H groups in total. The minimum absolute atomic E-state index is 0.137. The van der Waals surface area contributed by atoms with E-state index in [-0.39, 0.29) is 24.6 Å². The maximum Gasteiger partial charge on any atom is 0.230 e. The van der Waals surface area contributed by atoms with E-state index in [9.17, 15) is 13.2 Å². The van der Waals surface area contributed by atoms with Gasteiger partial charge in [-0.15, -0.1) is 17.9 Å². The highest BCUT2D eigenvalue weighted by Gasteiger charge is 2.12. The van der Waals surface area contributed by atoms with Crippen LogP contribution in [-0.2, 0) is 27.0 Å². The molecule has 0 saturated carbocycles. The molecule has 2 aromatic carbocycles. The Morgan fingerprint density at radius 3 is 2.53 bits per heavy atom. The predicted octanol–water partition coefficient (Wildman–Crippen LogP) is 4.00. The Morgan fingerprint density at radius 2 is 1.88 bits per heavy atom. The Morgan fingerprint density at radius 1 is 1.16 bits per heavy atom. The van der Waals surface area contributed by atoms with Gasteiger partial charge in [-0.1, -0.05) is 18.2 Å². The van der Waals surface area contributed by atoms with Crippen molar-refractivity contribution in [3.63, 3.8) is 0 Å². The fraction of sp³-hybridized carbons (Fsp3) is 0.217. The van der Waals surface area contributed by atoms with E-state index in [0.29, 0.717) is 23.6 Å². The van der Waals surface area contributed by atoms with Gasteiger partial charge in [0.1, 0.15) is 10.8 Å². The van der Waals surface area contributed by atoms with Crippen LogP contribution in [0.15, 0.2) is 66.6 Å². The van der Waals surface area contributed by atoms with Gasteiger partial charge in [0.15, 0.2) is 0 Å². The Hall–Kier alpha value is -3.01. The fourth-order valence-electron chi connectivity index (χ4n) is 2.89. The summed E-state index contributed by atoms with van der Waals surface area (Å²) >= 11 is 1.48. The van der Waals surface area contributed by atoms with Crippen molar-refractivity contribution in [3.05, 3.63) is 77.8 Å². The number of carbonyl (C=O) groups is 1. The van der Waals surface area contributed by atoms with Gasteiger partial charge in [-0.25, -0.2) is 18.1 Å². The summed E-state index contributed by atoms with van der Waals surface area (Å²) in [6, 6.07) is 14.4. The first-order valence-corrected chi connectivity index (χ1v) is 12.6. The van der Waals surface area contributed by atoms with E-state index < -0.39 is 10.0 Å². The van der Waals surface area contributed by atoms with Crippen molar-refractivity contribution >= 4 is 33.0 Å². The van der Waals surface area contributed by atoms with Crippen molar-refractivity contribution in [1.29, 1.82) is 0 Å². The zero-order chi connectivity index (χ0) is 23.0. The molecule has 9 heteroatoms. The van der Waals surface area contributed by atoms with E-state index in [1.165, 1.54) is 17.4 Å². The summed E-state index contributed by atoms with van der Waals surface area (Å²) in [7, 11) is -3.42. The number of benzene rings is 2. The van der Waals surface area contributed by atoms with Gasteiger partial charge >= 0.3 is 0 Å². The number of ether oxygens (including phenoxy) is 1. The van der Waals surface area contributed by atoms with E-state index in [2.05, 4.69) is 21.6 Å². The van der Waals surface area contributed by atoms with Crippen molar-refractivity contribution in [2.75, 3.05) is 18.5 Å². The van der Waals surface area contributed by atoms with E-state index in [0.717, 1.165) is 16.3 Å². The number of hydrogen-bond donors (Lipinski definition) is 2. The molecule has 0 fully saturated rings. The first-order chi connectivity index (χ1) is 15.4. The van der Waals surface area contributed by atoms with Crippen molar-refractivity contribution in [2.24, 2.45) is 0 Å². The molecule has 1 aromatic heterocycles. The molecule has 0 unspecified atom stereocenters. The van der Waals surface area contributed by atoms with Crippen LogP contribution < -0.4 is 14.8 Å². The van der Waals surface area contributed by atoms with Crippen LogP contribution in [0, 0.1) is 0 Å². The number of nitrogens with one attached hydrogen (secondary N) is 2. The third-order valence-corrected chi connectivity index (χ3v) is 6.61. The lowest BCUT2D eigenvalue weighted by Crippen LogP contribution is -2.25. The van der Waals surface area contributed by atoms with Crippen LogP contribution >= 0.6 is 11.3 Å². The molecule has 7 nitrogen and oxygen atoms in total. The summed E-state index contributed by atoms with van der Waals surface area (Å²) in [6.07, 6.45) is 1.63. The molecule has 168 valence electrons. The molecule has 0 atom stereocenters. The number of hydrogen-bond acceptors (Lipinski definition) is 6. The Labute approximate surface area is 192 Å². The van der Waals surface area contributed by atoms with Gasteiger partial charge in [-0.05, 0) is 48.9 Å². The molecule has 0 radical (unpaired) electrons. The monoisotopic (exact) mass is 471 g/mol. The highest BCUT2D eigenvalue weighted by atomic mass is 32.2. The van der Waals surface area contributed by atoms with Gasteiger partial charge in [0.2, 0.25) is 15.9 Å². The van der Waals surface area contributed by atoms with Crippen LogP contribution in [0.4, 0.5) is 5.69 Å². The maximum atomic E-state index is 12.4. The van der Waals surface area contributed by atoms with Gasteiger partial charge < -0.3 is 10.1 Å². The summed E-state index contributed by atoms with van der Waals surface area (Å²) in [5, 5.41) is 5.53. The molecular formula is C23H25N3O4S2. The smallest absolute Gasteiger partial charge is 0.230 e. The maximum absolute atomic E-state index is 12.4. The zero-order valence-electron chi connectivity index (χ0n) is 17.7. The minimum atomic E-state index is -3.42. The van der Waals surface area contributed by atoms with Gasteiger partial charge in [0, 0.05) is 23.2 Å². The van der Waals surface area contributed by atoms with Crippen LogP contribution in [0.3, 0.4) is 0 Å². The third kappa shape index (κ3) is 7.01. The molecule has 3 aromatic rings. The van der Waals surface area contributed by atoms with Gasteiger partial charge in [0.05, 0.1) is 24.5 Å². The molecule has 0 saturated heterocycles. The average molecular weight is 472 g/mol. The van der Waals surface area contributed by atoms with Crippen LogP contribution in [0.25, 0.3) is 10.6 Å². The number of rotatable bonds is 11. The molecule has 1 amide bonds. The molecule has 3 rings (SSSR count). The summed E-state index contributed by atoms with van der Waals surface area (Å²) in [4.78, 5) is 17.0. The molecule has 0 bridgehead atoms. The lowest BCUT2D eigenvalue weighted by molar-refractivity contribution is -0.115. The number of amides is 1. The van der Waals surface area contributed by atoms with E-state index in [1.54, 1.807) is 24.3 Å². The predicted molar refractivity (Wildman–Crippen MR) is 128 cm³/mol. The zero-order valence-corrected chi connectivity index (χ0v) is 19.3. The second kappa shape index (κ2) is 11.0. The molecular weight excluding hydrogens is 446 g/mol. The van der Waals surface area contributed by atoms with Crippen molar-refractivity contribution in [2.45, 2.75) is 19.1 Å². The van der Waals surface area contributed by atoms with Gasteiger partial charge in [-0.3, -0.25) is 4.79 Å². The lowest BCUT2D eigenvalue weighted by atomic mass is 10.2.